The number of ether oxygens (including phenoxy) is 1. The van der Waals surface area contributed by atoms with Gasteiger partial charge in [-0.2, -0.15) is 0 Å². The van der Waals surface area contributed by atoms with Crippen LogP contribution in [0.5, 0.6) is 0 Å². The van der Waals surface area contributed by atoms with Gasteiger partial charge in [0.05, 0.1) is 30.3 Å². The lowest BCUT2D eigenvalue weighted by Gasteiger charge is -2.12. The lowest BCUT2D eigenvalue weighted by molar-refractivity contribution is -0.123. The normalized spacial score (nSPS) is 11.6. The van der Waals surface area contributed by atoms with E-state index in [2.05, 4.69) is 21.2 Å². The van der Waals surface area contributed by atoms with Crippen molar-refractivity contribution in [3.63, 3.8) is 0 Å². The molecule has 21 heavy (non-hydrogen) atoms. The maximum Gasteiger partial charge on any atom is 0.338 e. The summed E-state index contributed by atoms with van der Waals surface area (Å²) in [6, 6.07) is 3.54. The van der Waals surface area contributed by atoms with Gasteiger partial charge in [0, 0.05) is 4.47 Å². The average molecular weight is 358 g/mol. The molecule has 0 aromatic heterocycles. The van der Waals surface area contributed by atoms with Crippen molar-refractivity contribution in [1.82, 2.24) is 0 Å². The molecule has 114 valence electrons. The second kappa shape index (κ2) is 7.75. The van der Waals surface area contributed by atoms with E-state index in [1.165, 1.54) is 18.2 Å². The fraction of sp³-hybridized carbons (Fsp3) is 0.308. The number of carbonyl (C=O) groups excluding carboxylic acids is 3. The van der Waals surface area contributed by atoms with Gasteiger partial charge >= 0.3 is 5.97 Å². The highest BCUT2D eigenvalue weighted by atomic mass is 79.9. The maximum absolute atomic E-state index is 11.8. The standard InChI is InChI=1S/C13H16BrN3O4/c1-2-21-13(20)7-3-4-10(8(14)5-7)17-12(19)9(15)6-11(16)18/h3-5,9H,2,6,15H2,1H3,(H2,16,18)(H,17,19). The van der Waals surface area contributed by atoms with Crippen molar-refractivity contribution in [2.75, 3.05) is 11.9 Å². The van der Waals surface area contributed by atoms with E-state index in [1.807, 2.05) is 0 Å². The summed E-state index contributed by atoms with van der Waals surface area (Å²) in [5.41, 5.74) is 11.3. The van der Waals surface area contributed by atoms with E-state index in [9.17, 15) is 14.4 Å². The second-order valence-corrected chi connectivity index (χ2v) is 5.04. The number of rotatable bonds is 6. The molecule has 2 amide bonds. The van der Waals surface area contributed by atoms with Crippen molar-refractivity contribution in [2.24, 2.45) is 11.5 Å². The average Bonchev–Trinajstić information content (AvgIpc) is 2.40. The molecule has 8 heteroatoms. The van der Waals surface area contributed by atoms with Crippen LogP contribution in [-0.4, -0.2) is 30.4 Å². The van der Waals surface area contributed by atoms with Crippen molar-refractivity contribution < 1.29 is 19.1 Å². The van der Waals surface area contributed by atoms with Crippen LogP contribution in [0.15, 0.2) is 22.7 Å². The Morgan fingerprint density at radius 2 is 2.05 bits per heavy atom. The van der Waals surface area contributed by atoms with Crippen molar-refractivity contribution >= 4 is 39.4 Å². The Balaban J connectivity index is 2.79. The number of amides is 2. The Hall–Kier alpha value is -1.93. The molecule has 0 radical (unpaired) electrons. The third-order valence-corrected chi connectivity index (χ3v) is 3.15. The lowest BCUT2D eigenvalue weighted by atomic mass is 10.1. The summed E-state index contributed by atoms with van der Waals surface area (Å²) in [5.74, 6) is -1.66. The minimum absolute atomic E-state index is 0.246. The van der Waals surface area contributed by atoms with Crippen molar-refractivity contribution in [3.05, 3.63) is 28.2 Å². The number of hydrogen-bond donors (Lipinski definition) is 3. The van der Waals surface area contributed by atoms with Gasteiger partial charge in [-0.3, -0.25) is 9.59 Å². The first-order chi connectivity index (χ1) is 9.85. The topological polar surface area (TPSA) is 125 Å². The van der Waals surface area contributed by atoms with Gasteiger partial charge < -0.3 is 21.5 Å². The monoisotopic (exact) mass is 357 g/mol. The molecule has 0 aliphatic heterocycles. The van der Waals surface area contributed by atoms with Crippen LogP contribution >= 0.6 is 15.9 Å². The molecule has 1 atom stereocenters. The number of halogens is 1. The SMILES string of the molecule is CCOC(=O)c1ccc(NC(=O)C(N)CC(N)=O)c(Br)c1. The second-order valence-electron chi connectivity index (χ2n) is 4.18. The first kappa shape index (κ1) is 17.1. The van der Waals surface area contributed by atoms with Crippen molar-refractivity contribution in [3.8, 4) is 0 Å². The molecule has 7 nitrogen and oxygen atoms in total. The number of carbonyl (C=O) groups is 3. The molecule has 0 saturated heterocycles. The van der Waals surface area contributed by atoms with Crippen LogP contribution < -0.4 is 16.8 Å². The molecule has 0 heterocycles. The molecular weight excluding hydrogens is 342 g/mol. The molecule has 0 spiro atoms. The third-order valence-electron chi connectivity index (χ3n) is 2.50. The van der Waals surface area contributed by atoms with E-state index >= 15 is 0 Å². The molecule has 0 aliphatic rings. The fourth-order valence-electron chi connectivity index (χ4n) is 1.49. The Morgan fingerprint density at radius 1 is 1.38 bits per heavy atom. The Kier molecular flexibility index (Phi) is 6.32. The summed E-state index contributed by atoms with van der Waals surface area (Å²) in [6.45, 7) is 1.98. The van der Waals surface area contributed by atoms with E-state index in [4.69, 9.17) is 16.2 Å². The van der Waals surface area contributed by atoms with Crippen LogP contribution in [-0.2, 0) is 14.3 Å². The first-order valence-corrected chi connectivity index (χ1v) is 6.95. The molecule has 1 unspecified atom stereocenters. The van der Waals surface area contributed by atoms with Gasteiger partial charge in [-0.05, 0) is 41.1 Å². The quantitative estimate of drug-likeness (QED) is 0.648. The highest BCUT2D eigenvalue weighted by molar-refractivity contribution is 9.10. The zero-order valence-corrected chi connectivity index (χ0v) is 13.0. The summed E-state index contributed by atoms with van der Waals surface area (Å²) >= 11 is 3.24. The van der Waals surface area contributed by atoms with Crippen LogP contribution in [0.2, 0.25) is 0 Å². The molecule has 1 aromatic carbocycles. The van der Waals surface area contributed by atoms with E-state index in [1.54, 1.807) is 6.92 Å². The number of hydrogen-bond acceptors (Lipinski definition) is 5. The highest BCUT2D eigenvalue weighted by Gasteiger charge is 2.17. The van der Waals surface area contributed by atoms with Crippen LogP contribution in [0.1, 0.15) is 23.7 Å². The van der Waals surface area contributed by atoms with E-state index in [0.29, 0.717) is 15.7 Å². The first-order valence-electron chi connectivity index (χ1n) is 6.16. The molecule has 1 aromatic rings. The summed E-state index contributed by atoms with van der Waals surface area (Å²) in [6.07, 6.45) is -0.246. The number of esters is 1. The third kappa shape index (κ3) is 5.16. The smallest absolute Gasteiger partial charge is 0.338 e. The summed E-state index contributed by atoms with van der Waals surface area (Å²) in [5, 5.41) is 2.54. The zero-order valence-electron chi connectivity index (χ0n) is 11.4. The van der Waals surface area contributed by atoms with Crippen LogP contribution in [0.3, 0.4) is 0 Å². The van der Waals surface area contributed by atoms with Gasteiger partial charge in [0.1, 0.15) is 0 Å². The minimum atomic E-state index is -1.03. The van der Waals surface area contributed by atoms with Gasteiger partial charge in [-0.25, -0.2) is 4.79 Å². The summed E-state index contributed by atoms with van der Waals surface area (Å²) in [4.78, 5) is 34.0. The Labute approximate surface area is 130 Å². The van der Waals surface area contributed by atoms with Crippen LogP contribution in [0, 0.1) is 0 Å². The molecule has 0 bridgehead atoms. The van der Waals surface area contributed by atoms with Crippen LogP contribution in [0.25, 0.3) is 0 Å². The molecular formula is C13H16BrN3O4. The minimum Gasteiger partial charge on any atom is -0.462 e. The number of nitrogens with two attached hydrogens (primary N) is 2. The summed E-state index contributed by atoms with van der Waals surface area (Å²) in [7, 11) is 0. The number of nitrogens with one attached hydrogen (secondary N) is 1. The Bertz CT molecular complexity index is 562. The number of primary amides is 1. The molecule has 0 aliphatic carbocycles. The highest BCUT2D eigenvalue weighted by Crippen LogP contribution is 2.24. The molecule has 0 saturated carbocycles. The van der Waals surface area contributed by atoms with Crippen molar-refractivity contribution in [2.45, 2.75) is 19.4 Å². The zero-order chi connectivity index (χ0) is 16.0. The molecule has 0 fully saturated rings. The largest absolute Gasteiger partial charge is 0.462 e. The van der Waals surface area contributed by atoms with E-state index in [0.717, 1.165) is 0 Å². The fourth-order valence-corrected chi connectivity index (χ4v) is 1.97. The van der Waals surface area contributed by atoms with E-state index in [-0.39, 0.29) is 13.0 Å². The van der Waals surface area contributed by atoms with Gasteiger partial charge in [-0.15, -0.1) is 0 Å². The number of benzene rings is 1. The lowest BCUT2D eigenvalue weighted by Crippen LogP contribution is -2.39. The predicted molar refractivity (Wildman–Crippen MR) is 80.5 cm³/mol. The van der Waals surface area contributed by atoms with Gasteiger partial charge in [-0.1, -0.05) is 0 Å². The van der Waals surface area contributed by atoms with Gasteiger partial charge in [0.2, 0.25) is 11.8 Å². The summed E-state index contributed by atoms with van der Waals surface area (Å²) < 4.78 is 5.36. The predicted octanol–water partition coefficient (Wildman–Crippen LogP) is 0.767. The Morgan fingerprint density at radius 3 is 2.57 bits per heavy atom. The van der Waals surface area contributed by atoms with Crippen LogP contribution in [0.4, 0.5) is 5.69 Å². The molecule has 1 rings (SSSR count). The van der Waals surface area contributed by atoms with Crippen molar-refractivity contribution in [1.29, 1.82) is 0 Å². The number of anilines is 1. The van der Waals surface area contributed by atoms with Gasteiger partial charge in [0.15, 0.2) is 0 Å². The van der Waals surface area contributed by atoms with Gasteiger partial charge in [0.25, 0.3) is 0 Å². The van der Waals surface area contributed by atoms with E-state index < -0.39 is 23.8 Å². The molecule has 5 N–H and O–H groups in total. The maximum atomic E-state index is 11.8.